The SMILES string of the molecule is CC(C)(NC(=O)NC1CC2(CCC2)C1)C1CC1. The molecule has 0 aliphatic heterocycles. The number of rotatable bonds is 3. The summed E-state index contributed by atoms with van der Waals surface area (Å²) in [6.45, 7) is 4.27. The van der Waals surface area contributed by atoms with Crippen molar-refractivity contribution >= 4 is 6.03 Å². The van der Waals surface area contributed by atoms with Crippen LogP contribution in [0.5, 0.6) is 0 Å². The summed E-state index contributed by atoms with van der Waals surface area (Å²) >= 11 is 0. The van der Waals surface area contributed by atoms with E-state index in [-0.39, 0.29) is 11.6 Å². The van der Waals surface area contributed by atoms with E-state index < -0.39 is 0 Å². The molecule has 0 aromatic heterocycles. The van der Waals surface area contributed by atoms with E-state index in [4.69, 9.17) is 0 Å². The zero-order valence-corrected chi connectivity index (χ0v) is 11.0. The molecule has 3 aliphatic carbocycles. The van der Waals surface area contributed by atoms with Crippen LogP contribution in [0.1, 0.15) is 58.8 Å². The van der Waals surface area contributed by atoms with Crippen molar-refractivity contribution in [3.63, 3.8) is 0 Å². The molecule has 3 saturated carbocycles. The highest BCUT2D eigenvalue weighted by Gasteiger charge is 2.48. The molecule has 1 spiro atoms. The second kappa shape index (κ2) is 3.63. The third kappa shape index (κ3) is 2.16. The normalized spacial score (nSPS) is 27.2. The summed E-state index contributed by atoms with van der Waals surface area (Å²) in [5, 5.41) is 6.26. The molecule has 3 heteroatoms. The van der Waals surface area contributed by atoms with Crippen molar-refractivity contribution in [1.82, 2.24) is 10.6 Å². The predicted molar refractivity (Wildman–Crippen MR) is 67.8 cm³/mol. The smallest absolute Gasteiger partial charge is 0.315 e. The average molecular weight is 236 g/mol. The molecular formula is C14H24N2O. The summed E-state index contributed by atoms with van der Waals surface area (Å²) in [6, 6.07) is 0.478. The molecule has 0 unspecified atom stereocenters. The molecule has 17 heavy (non-hydrogen) atoms. The fourth-order valence-electron chi connectivity index (χ4n) is 3.59. The Morgan fingerprint density at radius 2 is 1.88 bits per heavy atom. The molecule has 0 radical (unpaired) electrons. The van der Waals surface area contributed by atoms with Crippen molar-refractivity contribution in [2.24, 2.45) is 11.3 Å². The van der Waals surface area contributed by atoms with Gasteiger partial charge in [-0.05, 0) is 63.7 Å². The van der Waals surface area contributed by atoms with E-state index in [0.717, 1.165) is 0 Å². The van der Waals surface area contributed by atoms with Crippen LogP contribution in [-0.2, 0) is 0 Å². The molecule has 0 aromatic rings. The Hall–Kier alpha value is -0.730. The van der Waals surface area contributed by atoms with Crippen molar-refractivity contribution in [1.29, 1.82) is 0 Å². The van der Waals surface area contributed by atoms with Crippen molar-refractivity contribution in [2.75, 3.05) is 0 Å². The van der Waals surface area contributed by atoms with Crippen LogP contribution in [0.15, 0.2) is 0 Å². The Morgan fingerprint density at radius 3 is 2.35 bits per heavy atom. The average Bonchev–Trinajstić information content (AvgIpc) is 2.88. The lowest BCUT2D eigenvalue weighted by molar-refractivity contribution is 0.00194. The van der Waals surface area contributed by atoms with E-state index in [1.807, 2.05) is 0 Å². The fourth-order valence-corrected chi connectivity index (χ4v) is 3.59. The first kappa shape index (κ1) is 11.4. The minimum absolute atomic E-state index is 0.0258. The maximum absolute atomic E-state index is 11.9. The molecule has 0 bridgehead atoms. The molecule has 3 nitrogen and oxygen atoms in total. The molecule has 2 amide bonds. The molecule has 3 fully saturated rings. The first-order chi connectivity index (χ1) is 7.99. The summed E-state index contributed by atoms with van der Waals surface area (Å²) in [6.07, 6.45) is 9.13. The van der Waals surface area contributed by atoms with Crippen molar-refractivity contribution in [2.45, 2.75) is 70.4 Å². The Balaban J connectivity index is 1.42. The number of nitrogens with one attached hydrogen (secondary N) is 2. The number of hydrogen-bond acceptors (Lipinski definition) is 1. The van der Waals surface area contributed by atoms with Gasteiger partial charge in [0, 0.05) is 11.6 Å². The van der Waals surface area contributed by atoms with Gasteiger partial charge < -0.3 is 10.6 Å². The minimum atomic E-state index is -0.0258. The minimum Gasteiger partial charge on any atom is -0.335 e. The van der Waals surface area contributed by atoms with Crippen LogP contribution >= 0.6 is 0 Å². The summed E-state index contributed by atoms with van der Waals surface area (Å²) in [5.74, 6) is 0.688. The number of carbonyl (C=O) groups is 1. The van der Waals surface area contributed by atoms with E-state index in [2.05, 4.69) is 24.5 Å². The lowest BCUT2D eigenvalue weighted by atomic mass is 9.54. The molecule has 0 heterocycles. The number of urea groups is 1. The largest absolute Gasteiger partial charge is 0.335 e. The van der Waals surface area contributed by atoms with E-state index in [1.54, 1.807) is 0 Å². The highest BCUT2D eigenvalue weighted by molar-refractivity contribution is 5.75. The third-order valence-corrected chi connectivity index (χ3v) is 5.14. The van der Waals surface area contributed by atoms with Crippen LogP contribution in [0.4, 0.5) is 4.79 Å². The molecule has 0 saturated heterocycles. The van der Waals surface area contributed by atoms with Gasteiger partial charge in [-0.25, -0.2) is 4.79 Å². The zero-order valence-electron chi connectivity index (χ0n) is 11.0. The monoisotopic (exact) mass is 236 g/mol. The fraction of sp³-hybridized carbons (Fsp3) is 0.929. The Kier molecular flexibility index (Phi) is 2.43. The highest BCUT2D eigenvalue weighted by atomic mass is 16.2. The van der Waals surface area contributed by atoms with E-state index in [1.165, 1.54) is 44.9 Å². The summed E-state index contributed by atoms with van der Waals surface area (Å²) < 4.78 is 0. The Bertz CT molecular complexity index is 321. The van der Waals surface area contributed by atoms with Gasteiger partial charge in [-0.15, -0.1) is 0 Å². The van der Waals surface area contributed by atoms with E-state index >= 15 is 0 Å². The highest BCUT2D eigenvalue weighted by Crippen LogP contribution is 2.55. The molecule has 0 aromatic carbocycles. The van der Waals surface area contributed by atoms with E-state index in [0.29, 0.717) is 17.4 Å². The molecule has 0 atom stereocenters. The van der Waals surface area contributed by atoms with Crippen LogP contribution in [-0.4, -0.2) is 17.6 Å². The van der Waals surface area contributed by atoms with Gasteiger partial charge in [0.15, 0.2) is 0 Å². The Labute approximate surface area is 104 Å². The van der Waals surface area contributed by atoms with Gasteiger partial charge in [0.1, 0.15) is 0 Å². The van der Waals surface area contributed by atoms with Crippen LogP contribution in [0, 0.1) is 11.3 Å². The molecule has 3 rings (SSSR count). The van der Waals surface area contributed by atoms with Crippen molar-refractivity contribution in [3.8, 4) is 0 Å². The van der Waals surface area contributed by atoms with Crippen LogP contribution in [0.3, 0.4) is 0 Å². The summed E-state index contributed by atoms with van der Waals surface area (Å²) in [7, 11) is 0. The summed E-state index contributed by atoms with van der Waals surface area (Å²) in [4.78, 5) is 11.9. The molecule has 3 aliphatic rings. The topological polar surface area (TPSA) is 41.1 Å². The first-order valence-corrected chi connectivity index (χ1v) is 7.08. The third-order valence-electron chi connectivity index (χ3n) is 5.14. The number of hydrogen-bond donors (Lipinski definition) is 2. The predicted octanol–water partition coefficient (Wildman–Crippen LogP) is 2.81. The lowest BCUT2D eigenvalue weighted by Gasteiger charge is -2.54. The molecule has 2 N–H and O–H groups in total. The Morgan fingerprint density at radius 1 is 1.24 bits per heavy atom. The van der Waals surface area contributed by atoms with Crippen LogP contribution in [0.2, 0.25) is 0 Å². The van der Waals surface area contributed by atoms with Gasteiger partial charge in [0.25, 0.3) is 0 Å². The zero-order chi connectivity index (χ0) is 12.1. The second-order valence-corrected chi connectivity index (χ2v) is 7.05. The standard InChI is InChI=1S/C14H24N2O/c1-13(2,10-4-5-10)16-12(17)15-11-8-14(9-11)6-3-7-14/h10-11H,3-9H2,1-2H3,(H2,15,16,17). The van der Waals surface area contributed by atoms with Gasteiger partial charge >= 0.3 is 6.03 Å². The maximum atomic E-state index is 11.9. The maximum Gasteiger partial charge on any atom is 0.315 e. The number of carbonyl (C=O) groups excluding carboxylic acids is 1. The van der Waals surface area contributed by atoms with Gasteiger partial charge in [-0.3, -0.25) is 0 Å². The first-order valence-electron chi connectivity index (χ1n) is 7.08. The van der Waals surface area contributed by atoms with Gasteiger partial charge in [-0.1, -0.05) is 6.42 Å². The molecule has 96 valence electrons. The summed E-state index contributed by atoms with van der Waals surface area (Å²) in [5.41, 5.74) is 0.617. The van der Waals surface area contributed by atoms with Crippen molar-refractivity contribution < 1.29 is 4.79 Å². The van der Waals surface area contributed by atoms with Gasteiger partial charge in [0.05, 0.1) is 0 Å². The molecular weight excluding hydrogens is 212 g/mol. The van der Waals surface area contributed by atoms with Gasteiger partial charge in [0.2, 0.25) is 0 Å². The second-order valence-electron chi connectivity index (χ2n) is 7.05. The van der Waals surface area contributed by atoms with Crippen LogP contribution in [0.25, 0.3) is 0 Å². The number of amides is 2. The van der Waals surface area contributed by atoms with Crippen LogP contribution < -0.4 is 10.6 Å². The van der Waals surface area contributed by atoms with E-state index in [9.17, 15) is 4.79 Å². The lowest BCUT2D eigenvalue weighted by Crippen LogP contribution is -2.58. The van der Waals surface area contributed by atoms with Gasteiger partial charge in [-0.2, -0.15) is 0 Å². The quantitative estimate of drug-likeness (QED) is 0.777. The van der Waals surface area contributed by atoms with Crippen molar-refractivity contribution in [3.05, 3.63) is 0 Å².